The Balaban J connectivity index is 4.41. The molecule has 0 aromatic heterocycles. The molecule has 0 aromatic carbocycles. The van der Waals surface area contributed by atoms with E-state index in [1.807, 2.05) is 5.32 Å². The number of nitrogens with one attached hydrogen (secondary N) is 1. The first-order valence-electron chi connectivity index (χ1n) is 5.16. The third-order valence-corrected chi connectivity index (χ3v) is 2.76. The molecule has 0 rings (SSSR count). The molecule has 0 aromatic rings. The summed E-state index contributed by atoms with van der Waals surface area (Å²) in [5, 5.41) is 11.0. The van der Waals surface area contributed by atoms with Crippen molar-refractivity contribution < 1.29 is 23.5 Å². The maximum Gasteiger partial charge on any atom is 0.310 e. The molecule has 0 aliphatic rings. The van der Waals surface area contributed by atoms with E-state index in [0.29, 0.717) is 12.8 Å². The van der Waals surface area contributed by atoms with E-state index in [9.17, 15) is 18.4 Å². The number of hydrogen-bond acceptors (Lipinski definition) is 2. The summed E-state index contributed by atoms with van der Waals surface area (Å²) in [6.45, 7) is 2.60. The van der Waals surface area contributed by atoms with Gasteiger partial charge in [-0.1, -0.05) is 13.8 Å². The Morgan fingerprint density at radius 3 is 2.12 bits per heavy atom. The van der Waals surface area contributed by atoms with Crippen molar-refractivity contribution >= 4 is 11.9 Å². The maximum atomic E-state index is 11.8. The predicted molar refractivity (Wildman–Crippen MR) is 54.3 cm³/mol. The number of aliphatic carboxylic acids is 1. The highest BCUT2D eigenvalue weighted by atomic mass is 19.3. The van der Waals surface area contributed by atoms with Crippen LogP contribution >= 0.6 is 0 Å². The highest BCUT2D eigenvalue weighted by Gasteiger charge is 2.37. The van der Waals surface area contributed by atoms with Gasteiger partial charge in [-0.3, -0.25) is 9.59 Å². The van der Waals surface area contributed by atoms with Gasteiger partial charge in [-0.25, -0.2) is 8.78 Å². The van der Waals surface area contributed by atoms with Crippen LogP contribution in [0.15, 0.2) is 0 Å². The van der Waals surface area contributed by atoms with Gasteiger partial charge in [0.05, 0.1) is 12.0 Å². The van der Waals surface area contributed by atoms with Crippen molar-refractivity contribution in [2.75, 3.05) is 6.54 Å². The minimum atomic E-state index is -2.62. The molecule has 2 N–H and O–H groups in total. The summed E-state index contributed by atoms with van der Waals surface area (Å²) in [5.74, 6) is -1.71. The first kappa shape index (κ1) is 14.8. The molecule has 0 aliphatic heterocycles. The van der Waals surface area contributed by atoms with Gasteiger partial charge in [-0.05, 0) is 12.8 Å². The van der Waals surface area contributed by atoms with E-state index in [2.05, 4.69) is 0 Å². The molecule has 4 nitrogen and oxygen atoms in total. The second-order valence-electron chi connectivity index (χ2n) is 3.66. The second kappa shape index (κ2) is 6.40. The first-order valence-corrected chi connectivity index (χ1v) is 5.16. The standard InChI is InChI=1S/C10H17F2NO3/c1-3-10(4-2,9(15)16)5-8(14)13-6-7(11)12/h7H,3-6H2,1-2H3,(H,13,14)(H,15,16). The van der Waals surface area contributed by atoms with Gasteiger partial charge in [0.25, 0.3) is 6.43 Å². The number of hydrogen-bond donors (Lipinski definition) is 2. The van der Waals surface area contributed by atoms with Gasteiger partial charge in [-0.15, -0.1) is 0 Å². The molecule has 0 unspecified atom stereocenters. The van der Waals surface area contributed by atoms with Gasteiger partial charge in [0, 0.05) is 6.42 Å². The molecular formula is C10H17F2NO3. The molecule has 0 aliphatic carbocycles. The minimum absolute atomic E-state index is 0.262. The third-order valence-electron chi connectivity index (χ3n) is 2.76. The number of rotatable bonds is 7. The fourth-order valence-corrected chi connectivity index (χ4v) is 1.44. The van der Waals surface area contributed by atoms with Gasteiger partial charge in [0.2, 0.25) is 5.91 Å². The highest BCUT2D eigenvalue weighted by molar-refractivity contribution is 5.84. The Morgan fingerprint density at radius 2 is 1.81 bits per heavy atom. The zero-order valence-corrected chi connectivity index (χ0v) is 9.43. The van der Waals surface area contributed by atoms with Crippen LogP contribution in [0.1, 0.15) is 33.1 Å². The van der Waals surface area contributed by atoms with Crippen LogP contribution in [-0.4, -0.2) is 30.0 Å². The van der Waals surface area contributed by atoms with Crippen molar-refractivity contribution in [1.82, 2.24) is 5.32 Å². The average Bonchev–Trinajstić information content (AvgIpc) is 2.22. The number of carbonyl (C=O) groups is 2. The molecule has 94 valence electrons. The van der Waals surface area contributed by atoms with E-state index in [1.54, 1.807) is 13.8 Å². The predicted octanol–water partition coefficient (Wildman–Crippen LogP) is 1.65. The van der Waals surface area contributed by atoms with E-state index >= 15 is 0 Å². The SMILES string of the molecule is CCC(CC)(CC(=O)NCC(F)F)C(=O)O. The van der Waals surface area contributed by atoms with Gasteiger partial charge in [0.15, 0.2) is 0 Å². The fourth-order valence-electron chi connectivity index (χ4n) is 1.44. The van der Waals surface area contributed by atoms with E-state index < -0.39 is 30.3 Å². The van der Waals surface area contributed by atoms with E-state index in [1.165, 1.54) is 0 Å². The topological polar surface area (TPSA) is 66.4 Å². The minimum Gasteiger partial charge on any atom is -0.481 e. The summed E-state index contributed by atoms with van der Waals surface area (Å²) in [5.41, 5.74) is -1.15. The Hall–Kier alpha value is -1.20. The van der Waals surface area contributed by atoms with Crippen LogP contribution in [0.5, 0.6) is 0 Å². The summed E-state index contributed by atoms with van der Waals surface area (Å²) in [7, 11) is 0. The molecule has 0 heterocycles. The average molecular weight is 237 g/mol. The first-order chi connectivity index (χ1) is 7.38. The van der Waals surface area contributed by atoms with Crippen molar-refractivity contribution in [1.29, 1.82) is 0 Å². The summed E-state index contributed by atoms with van der Waals surface area (Å²) >= 11 is 0. The lowest BCUT2D eigenvalue weighted by Gasteiger charge is -2.25. The van der Waals surface area contributed by atoms with Gasteiger partial charge >= 0.3 is 5.97 Å². The number of carboxylic acids is 1. The Morgan fingerprint density at radius 1 is 1.31 bits per heavy atom. The molecule has 0 atom stereocenters. The molecule has 0 spiro atoms. The van der Waals surface area contributed by atoms with Crippen LogP contribution in [0.2, 0.25) is 0 Å². The van der Waals surface area contributed by atoms with Crippen LogP contribution in [0, 0.1) is 5.41 Å². The number of alkyl halides is 2. The normalized spacial score (nSPS) is 11.6. The number of carboxylic acid groups (broad SMARTS) is 1. The summed E-state index contributed by atoms with van der Waals surface area (Å²) in [6.07, 6.45) is -2.30. The number of carbonyl (C=O) groups excluding carboxylic acids is 1. The lowest BCUT2D eigenvalue weighted by Crippen LogP contribution is -2.38. The van der Waals surface area contributed by atoms with Crippen molar-refractivity contribution in [2.24, 2.45) is 5.41 Å². The second-order valence-corrected chi connectivity index (χ2v) is 3.66. The molecule has 0 saturated carbocycles. The molecule has 0 bridgehead atoms. The summed E-state index contributed by atoms with van der Waals surface area (Å²) < 4.78 is 23.6. The smallest absolute Gasteiger partial charge is 0.310 e. The molecule has 0 saturated heterocycles. The molecule has 0 fully saturated rings. The van der Waals surface area contributed by atoms with E-state index in [4.69, 9.17) is 5.11 Å². The monoisotopic (exact) mass is 237 g/mol. The van der Waals surface area contributed by atoms with Gasteiger partial charge in [0.1, 0.15) is 0 Å². The van der Waals surface area contributed by atoms with Crippen molar-refractivity contribution in [2.45, 2.75) is 39.5 Å². The summed E-state index contributed by atoms with van der Waals surface area (Å²) in [6, 6.07) is 0. The maximum absolute atomic E-state index is 11.8. The van der Waals surface area contributed by atoms with Gasteiger partial charge < -0.3 is 10.4 Å². The van der Waals surface area contributed by atoms with Crippen LogP contribution in [-0.2, 0) is 9.59 Å². The zero-order chi connectivity index (χ0) is 12.8. The Kier molecular flexibility index (Phi) is 5.92. The van der Waals surface area contributed by atoms with Crippen molar-refractivity contribution in [3.63, 3.8) is 0 Å². The van der Waals surface area contributed by atoms with Crippen molar-refractivity contribution in [3.05, 3.63) is 0 Å². The van der Waals surface area contributed by atoms with E-state index in [0.717, 1.165) is 0 Å². The number of amides is 1. The summed E-state index contributed by atoms with van der Waals surface area (Å²) in [4.78, 5) is 22.3. The molecule has 16 heavy (non-hydrogen) atoms. The lowest BCUT2D eigenvalue weighted by molar-refractivity contribution is -0.152. The van der Waals surface area contributed by atoms with Crippen LogP contribution in [0.4, 0.5) is 8.78 Å². The largest absolute Gasteiger partial charge is 0.481 e. The van der Waals surface area contributed by atoms with E-state index in [-0.39, 0.29) is 6.42 Å². The highest BCUT2D eigenvalue weighted by Crippen LogP contribution is 2.30. The lowest BCUT2D eigenvalue weighted by atomic mass is 9.79. The van der Waals surface area contributed by atoms with Crippen LogP contribution in [0.25, 0.3) is 0 Å². The van der Waals surface area contributed by atoms with Crippen LogP contribution in [0.3, 0.4) is 0 Å². The fraction of sp³-hybridized carbons (Fsp3) is 0.800. The zero-order valence-electron chi connectivity index (χ0n) is 9.43. The molecule has 6 heteroatoms. The molecular weight excluding hydrogens is 220 g/mol. The van der Waals surface area contributed by atoms with Crippen molar-refractivity contribution in [3.8, 4) is 0 Å². The number of halogens is 2. The Labute approximate surface area is 93.0 Å². The molecule has 1 amide bonds. The quantitative estimate of drug-likeness (QED) is 0.707. The van der Waals surface area contributed by atoms with Gasteiger partial charge in [-0.2, -0.15) is 0 Å². The van der Waals surface area contributed by atoms with Crippen LogP contribution < -0.4 is 5.32 Å². The third kappa shape index (κ3) is 4.12. The molecule has 0 radical (unpaired) electrons. The Bertz CT molecular complexity index is 252.